The van der Waals surface area contributed by atoms with Crippen molar-refractivity contribution in [3.05, 3.63) is 0 Å². The van der Waals surface area contributed by atoms with Gasteiger partial charge in [0.1, 0.15) is 6.04 Å². The maximum atomic E-state index is 11.8. The molecule has 0 radical (unpaired) electrons. The normalized spacial score (nSPS) is 21.0. The van der Waals surface area contributed by atoms with Crippen LogP contribution in [-0.4, -0.2) is 58.2 Å². The van der Waals surface area contributed by atoms with Crippen molar-refractivity contribution in [1.82, 2.24) is 10.6 Å². The Bertz CT molecular complexity index is 330. The van der Waals surface area contributed by atoms with Gasteiger partial charge in [-0.15, -0.1) is 0 Å². The monoisotopic (exact) mass is 276 g/mol. The average Bonchev–Trinajstić information content (AvgIpc) is 2.34. The highest BCUT2D eigenvalue weighted by Crippen LogP contribution is 2.08. The van der Waals surface area contributed by atoms with Gasteiger partial charge in [0.25, 0.3) is 0 Å². The van der Waals surface area contributed by atoms with Gasteiger partial charge in [-0.3, -0.25) is 9.59 Å². The van der Waals surface area contributed by atoms with E-state index in [1.54, 1.807) is 11.8 Å². The SMILES string of the molecule is O=C(O)CCC(NC(=O)C1CSCCN1)C(=O)O. The molecule has 1 aliphatic heterocycles. The molecule has 0 saturated carbocycles. The zero-order valence-corrected chi connectivity index (χ0v) is 10.5. The Balaban J connectivity index is 2.46. The van der Waals surface area contributed by atoms with Crippen molar-refractivity contribution in [3.63, 3.8) is 0 Å². The van der Waals surface area contributed by atoms with Crippen LogP contribution in [0, 0.1) is 0 Å². The van der Waals surface area contributed by atoms with Gasteiger partial charge in [-0.05, 0) is 6.42 Å². The molecule has 8 heteroatoms. The largest absolute Gasteiger partial charge is 0.481 e. The van der Waals surface area contributed by atoms with Crippen LogP contribution in [0.5, 0.6) is 0 Å². The zero-order chi connectivity index (χ0) is 13.5. The molecule has 1 amide bonds. The smallest absolute Gasteiger partial charge is 0.326 e. The van der Waals surface area contributed by atoms with Gasteiger partial charge in [-0.1, -0.05) is 0 Å². The summed E-state index contributed by atoms with van der Waals surface area (Å²) < 4.78 is 0. The highest BCUT2D eigenvalue weighted by molar-refractivity contribution is 7.99. The number of amides is 1. The zero-order valence-electron chi connectivity index (χ0n) is 9.72. The summed E-state index contributed by atoms with van der Waals surface area (Å²) in [6, 6.07) is -1.56. The first-order valence-electron chi connectivity index (χ1n) is 5.57. The fourth-order valence-corrected chi connectivity index (χ4v) is 2.47. The van der Waals surface area contributed by atoms with Crippen LogP contribution in [0.25, 0.3) is 0 Å². The summed E-state index contributed by atoms with van der Waals surface area (Å²) in [6.45, 7) is 0.704. The predicted octanol–water partition coefficient (Wildman–Crippen LogP) is -0.874. The molecule has 1 aliphatic rings. The van der Waals surface area contributed by atoms with Crippen molar-refractivity contribution in [2.24, 2.45) is 0 Å². The highest BCUT2D eigenvalue weighted by Gasteiger charge is 2.26. The highest BCUT2D eigenvalue weighted by atomic mass is 32.2. The first-order chi connectivity index (χ1) is 8.50. The van der Waals surface area contributed by atoms with E-state index >= 15 is 0 Å². The Kier molecular flexibility index (Phi) is 5.93. The fourth-order valence-electron chi connectivity index (χ4n) is 1.53. The Morgan fingerprint density at radius 1 is 1.39 bits per heavy atom. The van der Waals surface area contributed by atoms with Crippen LogP contribution in [0.15, 0.2) is 0 Å². The lowest BCUT2D eigenvalue weighted by molar-refractivity contribution is -0.143. The Hall–Kier alpha value is -1.28. The summed E-state index contributed by atoms with van der Waals surface area (Å²) in [6.07, 6.45) is -0.402. The van der Waals surface area contributed by atoms with Gasteiger partial charge in [0.05, 0.1) is 6.04 Å². The first-order valence-corrected chi connectivity index (χ1v) is 6.72. The quantitative estimate of drug-likeness (QED) is 0.498. The molecule has 4 N–H and O–H groups in total. The van der Waals surface area contributed by atoms with Gasteiger partial charge in [0, 0.05) is 24.5 Å². The molecule has 18 heavy (non-hydrogen) atoms. The van der Waals surface area contributed by atoms with E-state index in [0.29, 0.717) is 12.3 Å². The molecule has 1 fully saturated rings. The van der Waals surface area contributed by atoms with Crippen molar-refractivity contribution in [3.8, 4) is 0 Å². The van der Waals surface area contributed by atoms with E-state index in [2.05, 4.69) is 10.6 Å². The third-order valence-corrected chi connectivity index (χ3v) is 3.56. The molecular formula is C10H16N2O5S. The maximum absolute atomic E-state index is 11.8. The second-order valence-electron chi connectivity index (χ2n) is 3.91. The molecule has 2 unspecified atom stereocenters. The van der Waals surface area contributed by atoms with Crippen LogP contribution in [0.1, 0.15) is 12.8 Å². The molecule has 2 atom stereocenters. The van der Waals surface area contributed by atoms with Crippen LogP contribution < -0.4 is 10.6 Å². The third kappa shape index (κ3) is 4.92. The van der Waals surface area contributed by atoms with Crippen LogP contribution >= 0.6 is 11.8 Å². The molecule has 0 aromatic heterocycles. The van der Waals surface area contributed by atoms with Crippen molar-refractivity contribution >= 4 is 29.6 Å². The molecule has 0 aliphatic carbocycles. The molecule has 7 nitrogen and oxygen atoms in total. The molecule has 1 rings (SSSR count). The van der Waals surface area contributed by atoms with Gasteiger partial charge < -0.3 is 20.8 Å². The minimum atomic E-state index is -1.21. The maximum Gasteiger partial charge on any atom is 0.326 e. The summed E-state index contributed by atoms with van der Waals surface area (Å²) in [5.74, 6) is -1.17. The number of nitrogens with one attached hydrogen (secondary N) is 2. The number of rotatable bonds is 6. The lowest BCUT2D eigenvalue weighted by Crippen LogP contribution is -2.53. The van der Waals surface area contributed by atoms with Crippen molar-refractivity contribution in [2.75, 3.05) is 18.1 Å². The first kappa shape index (κ1) is 14.8. The average molecular weight is 276 g/mol. The van der Waals surface area contributed by atoms with Crippen LogP contribution in [0.4, 0.5) is 0 Å². The number of thioether (sulfide) groups is 1. The van der Waals surface area contributed by atoms with E-state index in [9.17, 15) is 14.4 Å². The van der Waals surface area contributed by atoms with E-state index in [1.807, 2.05) is 0 Å². The summed E-state index contributed by atoms with van der Waals surface area (Å²) in [4.78, 5) is 33.0. The molecule has 0 aromatic rings. The van der Waals surface area contributed by atoms with Crippen molar-refractivity contribution in [2.45, 2.75) is 24.9 Å². The summed E-state index contributed by atoms with van der Waals surface area (Å²) in [7, 11) is 0. The Labute approximate surface area is 108 Å². The summed E-state index contributed by atoms with van der Waals surface area (Å²) in [5.41, 5.74) is 0. The van der Waals surface area contributed by atoms with Gasteiger partial charge in [0.2, 0.25) is 5.91 Å². The summed E-state index contributed by atoms with van der Waals surface area (Å²) in [5, 5.41) is 22.8. The van der Waals surface area contributed by atoms with Gasteiger partial charge in [0.15, 0.2) is 0 Å². The Morgan fingerprint density at radius 3 is 2.61 bits per heavy atom. The van der Waals surface area contributed by atoms with Crippen LogP contribution in [-0.2, 0) is 14.4 Å². The molecule has 102 valence electrons. The van der Waals surface area contributed by atoms with Crippen LogP contribution in [0.3, 0.4) is 0 Å². The van der Waals surface area contributed by atoms with E-state index < -0.39 is 24.0 Å². The number of carbonyl (C=O) groups excluding carboxylic acids is 1. The molecule has 1 saturated heterocycles. The second-order valence-corrected chi connectivity index (χ2v) is 5.06. The lowest BCUT2D eigenvalue weighted by atomic mass is 10.1. The number of hydrogen-bond acceptors (Lipinski definition) is 5. The number of carbonyl (C=O) groups is 3. The number of hydrogen-bond donors (Lipinski definition) is 4. The van der Waals surface area contributed by atoms with Gasteiger partial charge in [-0.25, -0.2) is 4.79 Å². The van der Waals surface area contributed by atoms with Crippen LogP contribution in [0.2, 0.25) is 0 Å². The minimum Gasteiger partial charge on any atom is -0.481 e. The summed E-state index contributed by atoms with van der Waals surface area (Å²) >= 11 is 1.62. The van der Waals surface area contributed by atoms with E-state index in [0.717, 1.165) is 5.75 Å². The molecule has 0 spiro atoms. The minimum absolute atomic E-state index is 0.115. The van der Waals surface area contributed by atoms with Crippen molar-refractivity contribution in [1.29, 1.82) is 0 Å². The topological polar surface area (TPSA) is 116 Å². The van der Waals surface area contributed by atoms with E-state index in [1.165, 1.54) is 0 Å². The second kappa shape index (κ2) is 7.22. The molecule has 1 heterocycles. The third-order valence-electron chi connectivity index (χ3n) is 2.50. The fraction of sp³-hybridized carbons (Fsp3) is 0.700. The standard InChI is InChI=1S/C10H16N2O5S/c13-8(14)2-1-6(10(16)17)12-9(15)7-5-18-4-3-11-7/h6-7,11H,1-5H2,(H,12,15)(H,13,14)(H,16,17). The predicted molar refractivity (Wildman–Crippen MR) is 65.6 cm³/mol. The number of carboxylic acids is 2. The lowest BCUT2D eigenvalue weighted by Gasteiger charge is -2.24. The van der Waals surface area contributed by atoms with E-state index in [4.69, 9.17) is 10.2 Å². The van der Waals surface area contributed by atoms with Crippen molar-refractivity contribution < 1.29 is 24.6 Å². The van der Waals surface area contributed by atoms with Gasteiger partial charge >= 0.3 is 11.9 Å². The molecule has 0 aromatic carbocycles. The molecule has 0 bridgehead atoms. The van der Waals surface area contributed by atoms with E-state index in [-0.39, 0.29) is 18.7 Å². The Morgan fingerprint density at radius 2 is 2.11 bits per heavy atom. The number of aliphatic carboxylic acids is 2. The molecular weight excluding hydrogens is 260 g/mol. The van der Waals surface area contributed by atoms with Gasteiger partial charge in [-0.2, -0.15) is 11.8 Å². The number of carboxylic acid groups (broad SMARTS) is 2.